The largest absolute Gasteiger partial charge is 0.402 e. The van der Waals surface area contributed by atoms with Crippen molar-refractivity contribution in [2.24, 2.45) is 0 Å². The normalized spacial score (nSPS) is 14.4. The van der Waals surface area contributed by atoms with Crippen LogP contribution in [0.4, 0.5) is 0 Å². The van der Waals surface area contributed by atoms with Gasteiger partial charge in [0.05, 0.1) is 7.85 Å². The molecule has 1 aliphatic heterocycles. The number of hydrogen-bond acceptors (Lipinski definition) is 1. The van der Waals surface area contributed by atoms with Gasteiger partial charge in [-0.3, -0.25) is 0 Å². The van der Waals surface area contributed by atoms with Crippen molar-refractivity contribution in [3.05, 3.63) is 48.9 Å². The molecular weight excluding hydrogens is 308 g/mol. The molecule has 0 aromatic heterocycles. The smallest absolute Gasteiger partial charge is 0.0532 e. The number of nitrogens with zero attached hydrogens (tertiary/aromatic N) is 1. The monoisotopic (exact) mass is 323 g/mol. The molecule has 16 heavy (non-hydrogen) atoms. The molecule has 5 heteroatoms. The molecule has 1 aliphatic rings. The third-order valence-electron chi connectivity index (χ3n) is 2.42. The van der Waals surface area contributed by atoms with Crippen LogP contribution in [0.15, 0.2) is 30.8 Å². The van der Waals surface area contributed by atoms with Gasteiger partial charge in [0.25, 0.3) is 0 Å². The van der Waals surface area contributed by atoms with E-state index in [1.165, 1.54) is 11.1 Å². The van der Waals surface area contributed by atoms with Crippen molar-refractivity contribution in [3.8, 4) is 0 Å². The summed E-state index contributed by atoms with van der Waals surface area (Å²) in [5.74, 6) is -0.208. The summed E-state index contributed by atoms with van der Waals surface area (Å²) in [4.78, 5) is 2.00. The fraction of sp³-hybridized carbons (Fsp3) is 0.182. The molecule has 1 aromatic carbocycles. The van der Waals surface area contributed by atoms with Crippen LogP contribution >= 0.6 is 17.9 Å². The minimum atomic E-state index is -0.208. The van der Waals surface area contributed by atoms with E-state index < -0.39 is 0 Å². The van der Waals surface area contributed by atoms with E-state index in [-0.39, 0.29) is 38.7 Å². The summed E-state index contributed by atoms with van der Waals surface area (Å²) in [5.41, 5.74) is 3.46. The Bertz CT molecular complexity index is 358. The third kappa shape index (κ3) is 3.64. The van der Waals surface area contributed by atoms with Crippen molar-refractivity contribution in [1.82, 2.24) is 4.90 Å². The van der Waals surface area contributed by atoms with Gasteiger partial charge in [-0.15, -0.1) is 23.8 Å². The molecule has 3 radical (unpaired) electrons. The van der Waals surface area contributed by atoms with Gasteiger partial charge in [-0.1, -0.05) is 30.8 Å². The quantitative estimate of drug-likeness (QED) is 0.436. The van der Waals surface area contributed by atoms with E-state index in [0.29, 0.717) is 0 Å². The fourth-order valence-electron chi connectivity index (χ4n) is 1.69. The SMILES string of the molecule is PP.[B]C([CH2-])N1Cc2ccccc2C1=C.[Y]. The van der Waals surface area contributed by atoms with Crippen LogP contribution in [-0.4, -0.2) is 18.7 Å². The standard InChI is InChI=1S/C11H11BN.H4P2.Y/c1-8-11-6-4-3-5-10(11)7-13(8)9(2)12;1-2;/h3-6,9H,1-2,7H2;1-2H2;/q-1;;. The molecular formula is C11H15BNP2Y-. The third-order valence-corrected chi connectivity index (χ3v) is 2.42. The predicted molar refractivity (Wildman–Crippen MR) is 75.3 cm³/mol. The summed E-state index contributed by atoms with van der Waals surface area (Å²) in [6.07, 6.45) is 0. The van der Waals surface area contributed by atoms with Gasteiger partial charge in [0.15, 0.2) is 0 Å². The van der Waals surface area contributed by atoms with Crippen molar-refractivity contribution >= 4 is 31.4 Å². The van der Waals surface area contributed by atoms with Crippen LogP contribution in [0.25, 0.3) is 5.70 Å². The summed E-state index contributed by atoms with van der Waals surface area (Å²) >= 11 is 0. The van der Waals surface area contributed by atoms with Gasteiger partial charge in [0, 0.05) is 50.5 Å². The van der Waals surface area contributed by atoms with E-state index in [1.54, 1.807) is 0 Å². The summed E-state index contributed by atoms with van der Waals surface area (Å²) in [6, 6.07) is 8.22. The Hall–Kier alpha value is 0.789. The van der Waals surface area contributed by atoms with Crippen molar-refractivity contribution in [2.75, 3.05) is 0 Å². The van der Waals surface area contributed by atoms with Gasteiger partial charge in [-0.2, -0.15) is 0 Å². The summed E-state index contributed by atoms with van der Waals surface area (Å²) in [7, 11) is 10.4. The van der Waals surface area contributed by atoms with Crippen molar-refractivity contribution < 1.29 is 32.7 Å². The summed E-state index contributed by atoms with van der Waals surface area (Å²) < 4.78 is 0. The maximum absolute atomic E-state index is 5.72. The van der Waals surface area contributed by atoms with Crippen molar-refractivity contribution in [1.29, 1.82) is 0 Å². The summed E-state index contributed by atoms with van der Waals surface area (Å²) in [5, 5.41) is 0. The Balaban J connectivity index is 0.000000711. The van der Waals surface area contributed by atoms with Gasteiger partial charge >= 0.3 is 0 Å². The van der Waals surface area contributed by atoms with Crippen LogP contribution in [0, 0.1) is 6.92 Å². The number of rotatable bonds is 1. The van der Waals surface area contributed by atoms with E-state index in [4.69, 9.17) is 7.85 Å². The van der Waals surface area contributed by atoms with Crippen LogP contribution < -0.4 is 0 Å². The van der Waals surface area contributed by atoms with E-state index in [0.717, 1.165) is 12.2 Å². The maximum atomic E-state index is 5.72. The average molecular weight is 323 g/mol. The zero-order valence-corrected chi connectivity index (χ0v) is 14.4. The predicted octanol–water partition coefficient (Wildman–Crippen LogP) is 2.45. The van der Waals surface area contributed by atoms with E-state index in [1.807, 2.05) is 17.0 Å². The van der Waals surface area contributed by atoms with Crippen LogP contribution in [0.3, 0.4) is 0 Å². The Morgan fingerprint density at radius 1 is 1.38 bits per heavy atom. The molecule has 1 heterocycles. The molecule has 0 fully saturated rings. The minimum Gasteiger partial charge on any atom is -0.402 e. The summed E-state index contributed by atoms with van der Waals surface area (Å²) in [6.45, 7) is 8.63. The molecule has 0 spiro atoms. The number of hydrogen-bond donors (Lipinski definition) is 0. The fourth-order valence-corrected chi connectivity index (χ4v) is 1.69. The molecule has 1 nitrogen and oxygen atoms in total. The molecule has 0 aliphatic carbocycles. The Kier molecular flexibility index (Phi) is 8.38. The van der Waals surface area contributed by atoms with Gasteiger partial charge < -0.3 is 11.8 Å². The van der Waals surface area contributed by atoms with Crippen LogP contribution in [-0.2, 0) is 39.3 Å². The van der Waals surface area contributed by atoms with E-state index in [2.05, 4.69) is 43.5 Å². The minimum absolute atomic E-state index is 0. The molecule has 3 atom stereocenters. The Morgan fingerprint density at radius 2 is 1.94 bits per heavy atom. The van der Waals surface area contributed by atoms with Crippen LogP contribution in [0.2, 0.25) is 0 Å². The molecule has 0 amide bonds. The second kappa shape index (κ2) is 7.99. The molecule has 0 saturated heterocycles. The number of fused-ring (bicyclic) bond motifs is 1. The Morgan fingerprint density at radius 3 is 2.44 bits per heavy atom. The van der Waals surface area contributed by atoms with E-state index in [9.17, 15) is 0 Å². The molecule has 3 unspecified atom stereocenters. The molecule has 81 valence electrons. The topological polar surface area (TPSA) is 3.24 Å². The second-order valence-electron chi connectivity index (χ2n) is 3.30. The maximum Gasteiger partial charge on any atom is 0.0532 e. The first-order chi connectivity index (χ1) is 7.20. The van der Waals surface area contributed by atoms with Gasteiger partial charge in [0.1, 0.15) is 0 Å². The first kappa shape index (κ1) is 16.8. The van der Waals surface area contributed by atoms with Crippen molar-refractivity contribution in [2.45, 2.75) is 12.5 Å². The van der Waals surface area contributed by atoms with Crippen LogP contribution in [0.5, 0.6) is 0 Å². The molecule has 0 saturated carbocycles. The zero-order chi connectivity index (χ0) is 11.4. The zero-order valence-electron chi connectivity index (χ0n) is 9.26. The molecule has 0 N–H and O–H groups in total. The number of benzene rings is 1. The van der Waals surface area contributed by atoms with Crippen LogP contribution in [0.1, 0.15) is 11.1 Å². The first-order valence-corrected chi connectivity index (χ1v) is 7.32. The van der Waals surface area contributed by atoms with Gasteiger partial charge in [-0.25, -0.2) is 0 Å². The molecule has 0 bridgehead atoms. The molecule has 1 aromatic rings. The van der Waals surface area contributed by atoms with Gasteiger partial charge in [0.2, 0.25) is 0 Å². The second-order valence-corrected chi connectivity index (χ2v) is 3.30. The van der Waals surface area contributed by atoms with E-state index >= 15 is 0 Å². The Labute approximate surface area is 129 Å². The first-order valence-electron chi connectivity index (χ1n) is 4.66. The molecule has 2 rings (SSSR count). The average Bonchev–Trinajstić information content (AvgIpc) is 2.60. The van der Waals surface area contributed by atoms with Crippen molar-refractivity contribution in [3.63, 3.8) is 0 Å². The van der Waals surface area contributed by atoms with Gasteiger partial charge in [-0.05, 0) is 5.56 Å².